The van der Waals surface area contributed by atoms with Crippen LogP contribution in [0.1, 0.15) is 122 Å². The number of benzene rings is 4. The van der Waals surface area contributed by atoms with Crippen molar-refractivity contribution in [3.8, 4) is 22.3 Å². The van der Waals surface area contributed by atoms with E-state index in [4.69, 9.17) is 25.1 Å². The minimum atomic E-state index is -1.02. The van der Waals surface area contributed by atoms with Crippen molar-refractivity contribution in [3.63, 3.8) is 0 Å². The maximum Gasteiger partial charge on any atom is 0.412 e. The quantitative estimate of drug-likeness (QED) is 0.0552. The minimum absolute atomic E-state index is 0.0143. The van der Waals surface area contributed by atoms with E-state index in [1.807, 2.05) is 80.3 Å². The number of carbonyl (C=O) groups is 6. The first-order valence-electron chi connectivity index (χ1n) is 29.9. The number of piperidine rings is 1. The molecule has 484 valence electrons. The molecule has 0 spiro atoms. The lowest BCUT2D eigenvalue weighted by Crippen LogP contribution is -2.50. The van der Waals surface area contributed by atoms with Crippen LogP contribution in [0.2, 0.25) is 0 Å². The van der Waals surface area contributed by atoms with Crippen LogP contribution in [-0.2, 0) is 27.1 Å². The lowest BCUT2D eigenvalue weighted by atomic mass is 9.99. The van der Waals surface area contributed by atoms with Crippen LogP contribution in [-0.4, -0.2) is 148 Å². The summed E-state index contributed by atoms with van der Waals surface area (Å²) in [6, 6.07) is 23.3. The number of hydrogen-bond acceptors (Lipinski definition) is 19. The van der Waals surface area contributed by atoms with Gasteiger partial charge in [0.15, 0.2) is 21.6 Å². The Bertz CT molecular complexity index is 3670. The standard InChI is InChI=1S/C31H37FN4O5S.C22H22FN3OS.C13H19N3O4S/c1-30(2,3)40-28(38)33-24-12-9-21(20-7-10-23(32)11-8-20)17-22(24)18-25(37)27-34-26(19-42-27)35-13-15-36(16-14-35)29(39)41-31(4,5)6;23-18-7-4-15(5-8-18)16-6-9-19(24)17(12-16)13-20(27)22-25-21(14-28-22)26-10-2-1-3-11-26;1-13(2,3)20-12(19)16-6-4-15(5-7-16)9-8-21-10(14-9)11(17)18/h7-12,17,19H,13-16,18H2,1-6H3,(H,33,38);4-9,12,14H,1-3,10-11,13,24H2;8H,4-7H2,1-3H3,(H,17,18). The van der Waals surface area contributed by atoms with Crippen LogP contribution in [0, 0.1) is 11.6 Å². The Balaban J connectivity index is 0.000000188. The molecule has 4 N–H and O–H groups in total. The van der Waals surface area contributed by atoms with Crippen LogP contribution in [0.4, 0.5) is 52.0 Å². The number of nitrogen functional groups attached to an aromatic ring is 1. The first kappa shape index (κ1) is 68.4. The number of halogens is 2. The number of Topliss-reactive ketones (excluding diaryl/α,β-unsaturated/α-hetero) is 2. The Hall–Kier alpha value is -8.55. The van der Waals surface area contributed by atoms with E-state index in [0.29, 0.717) is 90.9 Å². The average molecular weight is 1310 g/mol. The van der Waals surface area contributed by atoms with Gasteiger partial charge in [0.1, 0.15) is 45.9 Å². The van der Waals surface area contributed by atoms with E-state index in [-0.39, 0.29) is 53.2 Å². The summed E-state index contributed by atoms with van der Waals surface area (Å²) < 4.78 is 42.9. The molecule has 0 aliphatic carbocycles. The summed E-state index contributed by atoms with van der Waals surface area (Å²) in [5.74, 6) is 0.365. The number of aromatic nitrogens is 3. The molecule has 0 radical (unpaired) electrons. The zero-order valence-corrected chi connectivity index (χ0v) is 55.1. The second-order valence-corrected chi connectivity index (χ2v) is 27.5. The summed E-state index contributed by atoms with van der Waals surface area (Å²) in [5, 5.41) is 18.1. The van der Waals surface area contributed by atoms with Gasteiger partial charge >= 0.3 is 24.2 Å². The number of nitrogens with two attached hydrogens (primary N) is 1. The molecule has 25 heteroatoms. The Kier molecular flexibility index (Phi) is 22.6. The number of nitrogens with one attached hydrogen (secondary N) is 1. The number of hydrogen-bond donors (Lipinski definition) is 3. The van der Waals surface area contributed by atoms with Crippen molar-refractivity contribution in [1.82, 2.24) is 24.8 Å². The molecule has 0 atom stereocenters. The largest absolute Gasteiger partial charge is 0.476 e. The van der Waals surface area contributed by atoms with Gasteiger partial charge in [0.2, 0.25) is 5.01 Å². The van der Waals surface area contributed by atoms with Gasteiger partial charge in [0.05, 0.1) is 0 Å². The number of piperazine rings is 2. The summed E-state index contributed by atoms with van der Waals surface area (Å²) in [6.07, 6.45) is 2.51. The van der Waals surface area contributed by atoms with E-state index in [1.165, 1.54) is 66.2 Å². The number of carboxylic acids is 1. The molecule has 3 aliphatic heterocycles. The Morgan fingerprint density at radius 3 is 1.29 bits per heavy atom. The topological polar surface area (TPSA) is 243 Å². The van der Waals surface area contributed by atoms with Gasteiger partial charge in [-0.15, -0.1) is 34.0 Å². The second kappa shape index (κ2) is 30.0. The number of thiazole rings is 3. The van der Waals surface area contributed by atoms with Crippen molar-refractivity contribution < 1.29 is 56.9 Å². The zero-order chi connectivity index (χ0) is 65.8. The lowest BCUT2D eigenvalue weighted by molar-refractivity contribution is 0.0230. The molecular weight excluding hydrogens is 1230 g/mol. The number of amides is 3. The predicted molar refractivity (Wildman–Crippen MR) is 353 cm³/mol. The molecule has 3 saturated heterocycles. The van der Waals surface area contributed by atoms with Gasteiger partial charge in [-0.1, -0.05) is 36.4 Å². The molecule has 3 fully saturated rings. The molecular formula is C66H78F2N10O10S3. The maximum absolute atomic E-state index is 13.5. The van der Waals surface area contributed by atoms with Crippen LogP contribution in [0.3, 0.4) is 0 Å². The van der Waals surface area contributed by atoms with E-state index in [1.54, 1.807) is 78.4 Å². The fourth-order valence-electron chi connectivity index (χ4n) is 9.77. The number of ketones is 2. The van der Waals surface area contributed by atoms with Crippen LogP contribution in [0.5, 0.6) is 0 Å². The molecule has 20 nitrogen and oxygen atoms in total. The Morgan fingerprint density at radius 1 is 0.495 bits per heavy atom. The molecule has 0 bridgehead atoms. The van der Waals surface area contributed by atoms with Crippen molar-refractivity contribution in [2.45, 2.75) is 111 Å². The summed E-state index contributed by atoms with van der Waals surface area (Å²) >= 11 is 3.76. The Morgan fingerprint density at radius 2 is 0.868 bits per heavy atom. The first-order chi connectivity index (χ1) is 43.0. The maximum atomic E-state index is 13.5. The molecule has 7 aromatic rings. The monoisotopic (exact) mass is 1300 g/mol. The second-order valence-electron chi connectivity index (χ2n) is 24.9. The minimum Gasteiger partial charge on any atom is -0.476 e. The van der Waals surface area contributed by atoms with E-state index < -0.39 is 28.9 Å². The third kappa shape index (κ3) is 20.2. The van der Waals surface area contributed by atoms with Crippen molar-refractivity contribution in [1.29, 1.82) is 0 Å². The summed E-state index contributed by atoms with van der Waals surface area (Å²) in [6.45, 7) is 22.8. The van der Waals surface area contributed by atoms with Crippen LogP contribution >= 0.6 is 34.0 Å². The summed E-state index contributed by atoms with van der Waals surface area (Å²) in [4.78, 5) is 96.7. The highest BCUT2D eigenvalue weighted by molar-refractivity contribution is 7.12. The molecule has 4 aromatic carbocycles. The van der Waals surface area contributed by atoms with Crippen molar-refractivity contribution in [2.24, 2.45) is 0 Å². The number of carboxylic acid groups (broad SMARTS) is 1. The first-order valence-corrected chi connectivity index (χ1v) is 32.6. The molecule has 6 heterocycles. The number of nitrogens with zero attached hydrogens (tertiary/aromatic N) is 8. The van der Waals surface area contributed by atoms with Crippen molar-refractivity contribution in [3.05, 3.63) is 139 Å². The van der Waals surface area contributed by atoms with Gasteiger partial charge < -0.3 is 49.6 Å². The summed E-state index contributed by atoms with van der Waals surface area (Å²) in [7, 11) is 0. The van der Waals surface area contributed by atoms with Gasteiger partial charge in [-0.25, -0.2) is 42.9 Å². The molecule has 3 aliphatic rings. The molecule has 0 unspecified atom stereocenters. The van der Waals surface area contributed by atoms with E-state index in [9.17, 15) is 37.5 Å². The Labute approximate surface area is 541 Å². The van der Waals surface area contributed by atoms with E-state index in [2.05, 4.69) is 25.2 Å². The highest BCUT2D eigenvalue weighted by Crippen LogP contribution is 2.31. The van der Waals surface area contributed by atoms with E-state index in [0.717, 1.165) is 58.1 Å². The number of rotatable bonds is 13. The van der Waals surface area contributed by atoms with Gasteiger partial charge in [0.25, 0.3) is 0 Å². The molecule has 0 saturated carbocycles. The van der Waals surface area contributed by atoms with Gasteiger partial charge in [0, 0.05) is 106 Å². The third-order valence-corrected chi connectivity index (χ3v) is 16.8. The smallest absolute Gasteiger partial charge is 0.412 e. The SMILES string of the molecule is CC(C)(C)OC(=O)N1CCN(c2csc(C(=O)O)n2)CC1.CC(C)(C)OC(=O)Nc1ccc(-c2ccc(F)cc2)cc1CC(=O)c1nc(N2CCN(C(=O)OC(C)(C)C)CC2)cs1.Nc1ccc(-c2ccc(F)cc2)cc1CC(=O)c1nc(N2CCCCC2)cs1. The van der Waals surface area contributed by atoms with Gasteiger partial charge in [-0.3, -0.25) is 14.9 Å². The van der Waals surface area contributed by atoms with Crippen molar-refractivity contribution >= 4 is 98.7 Å². The number of aromatic carboxylic acids is 1. The molecule has 3 aromatic heterocycles. The third-order valence-electron chi connectivity index (χ3n) is 14.3. The molecule has 10 rings (SSSR count). The van der Waals surface area contributed by atoms with Crippen LogP contribution in [0.25, 0.3) is 22.3 Å². The molecule has 3 amide bonds. The number of ether oxygens (including phenoxy) is 3. The van der Waals surface area contributed by atoms with Gasteiger partial charge in [-0.2, -0.15) is 0 Å². The summed E-state index contributed by atoms with van der Waals surface area (Å²) in [5.41, 5.74) is 10.1. The molecule has 91 heavy (non-hydrogen) atoms. The normalized spacial score (nSPS) is 14.5. The zero-order valence-electron chi connectivity index (χ0n) is 52.7. The highest BCUT2D eigenvalue weighted by atomic mass is 32.1. The fraction of sp³-hybridized carbons (Fsp3) is 0.409. The van der Waals surface area contributed by atoms with Crippen LogP contribution < -0.4 is 25.8 Å². The van der Waals surface area contributed by atoms with E-state index >= 15 is 0 Å². The van der Waals surface area contributed by atoms with Gasteiger partial charge in [-0.05, 0) is 163 Å². The average Bonchev–Trinajstić information content (AvgIpc) is 1.87. The highest BCUT2D eigenvalue weighted by Gasteiger charge is 2.30. The number of anilines is 5. The lowest BCUT2D eigenvalue weighted by Gasteiger charge is -2.35. The fourth-order valence-corrected chi connectivity index (χ4v) is 12.0. The predicted octanol–water partition coefficient (Wildman–Crippen LogP) is 13.6. The van der Waals surface area contributed by atoms with Crippen molar-refractivity contribution in [2.75, 3.05) is 91.2 Å². The van der Waals surface area contributed by atoms with Crippen LogP contribution in [0.15, 0.2) is 101 Å². The number of carbonyl (C=O) groups excluding carboxylic acids is 5.